The first kappa shape index (κ1) is 19.4. The van der Waals surface area contributed by atoms with Crippen molar-refractivity contribution in [2.75, 3.05) is 18.0 Å². The summed E-state index contributed by atoms with van der Waals surface area (Å²) in [6, 6.07) is -3.47. The Balaban J connectivity index is 2.08. The molecule has 0 bridgehead atoms. The number of hydrogen-bond donors (Lipinski definition) is 5. The summed E-state index contributed by atoms with van der Waals surface area (Å²) < 4.78 is 5.12. The van der Waals surface area contributed by atoms with Crippen molar-refractivity contribution in [3.63, 3.8) is 0 Å². The van der Waals surface area contributed by atoms with Crippen LogP contribution in [0, 0.1) is 0 Å². The van der Waals surface area contributed by atoms with Crippen molar-refractivity contribution in [3.05, 3.63) is 5.89 Å². The monoisotopic (exact) mass is 370 g/mol. The lowest BCUT2D eigenvalue weighted by molar-refractivity contribution is -0.141. The minimum absolute atomic E-state index is 0.0234. The van der Waals surface area contributed by atoms with Crippen LogP contribution in [0.1, 0.15) is 38.1 Å². The molecule has 12 heteroatoms. The predicted octanol–water partition coefficient (Wildman–Crippen LogP) is -1.28. The van der Waals surface area contributed by atoms with Crippen molar-refractivity contribution in [2.45, 2.75) is 44.4 Å². The smallest absolute Gasteiger partial charge is 0.328 e. The van der Waals surface area contributed by atoms with Gasteiger partial charge in [0.05, 0.1) is 12.5 Å². The minimum atomic E-state index is -1.52. The van der Waals surface area contributed by atoms with Crippen molar-refractivity contribution in [1.82, 2.24) is 20.8 Å². The summed E-state index contributed by atoms with van der Waals surface area (Å²) in [6.45, 7) is 2.78. The number of hydrogen-bond acceptors (Lipinski definition) is 8. The van der Waals surface area contributed by atoms with Crippen LogP contribution in [0.3, 0.4) is 0 Å². The number of carboxylic acid groups (broad SMARTS) is 1. The molecule has 26 heavy (non-hydrogen) atoms. The van der Waals surface area contributed by atoms with Gasteiger partial charge in [-0.15, -0.1) is 0 Å². The van der Waals surface area contributed by atoms with E-state index in [1.54, 1.807) is 0 Å². The quantitative estimate of drug-likeness (QED) is 0.372. The Hall–Kier alpha value is -2.89. The third kappa shape index (κ3) is 5.05. The number of anilines is 1. The Morgan fingerprint density at radius 1 is 1.31 bits per heavy atom. The number of amides is 3. The highest BCUT2D eigenvalue weighted by atomic mass is 16.5. The average molecular weight is 370 g/mol. The standard InChI is InChI=1S/C14H22N6O6/c1-7(21)10(12(23)24)17-14(25)16-8(6-9(15)22)11-18-13(19-26-11)20-4-2-3-5-20/h7-8,10,21H,2-6H2,1H3,(H2,15,22)(H,23,24)(H2,16,17,25)/t7?,8-,10?/m0/s1. The number of aromatic nitrogens is 2. The van der Waals surface area contributed by atoms with Gasteiger partial charge in [-0.05, 0) is 24.9 Å². The summed E-state index contributed by atoms with van der Waals surface area (Å²) in [7, 11) is 0. The van der Waals surface area contributed by atoms with Crippen molar-refractivity contribution in [1.29, 1.82) is 0 Å². The van der Waals surface area contributed by atoms with Crippen molar-refractivity contribution < 1.29 is 29.1 Å². The molecule has 2 unspecified atom stereocenters. The van der Waals surface area contributed by atoms with Gasteiger partial charge in [0.15, 0.2) is 6.04 Å². The Bertz CT molecular complexity index is 656. The van der Waals surface area contributed by atoms with Gasteiger partial charge in [0.25, 0.3) is 11.8 Å². The summed E-state index contributed by atoms with van der Waals surface area (Å²) in [5.74, 6) is -1.80. The molecule has 2 rings (SSSR count). The maximum absolute atomic E-state index is 12.0. The molecule has 6 N–H and O–H groups in total. The Kier molecular flexibility index (Phi) is 6.33. The second kappa shape index (κ2) is 8.47. The Morgan fingerprint density at radius 3 is 2.50 bits per heavy atom. The maximum Gasteiger partial charge on any atom is 0.328 e. The number of aliphatic hydroxyl groups excluding tert-OH is 1. The van der Waals surface area contributed by atoms with E-state index in [1.807, 2.05) is 4.90 Å². The number of aliphatic hydroxyl groups is 1. The molecule has 12 nitrogen and oxygen atoms in total. The lowest BCUT2D eigenvalue weighted by Gasteiger charge is -2.19. The molecule has 0 radical (unpaired) electrons. The molecule has 1 aromatic heterocycles. The SMILES string of the molecule is CC(O)C(NC(=O)N[C@@H](CC(N)=O)c1nc(N2CCCC2)no1)C(=O)O. The van der Waals surface area contributed by atoms with Gasteiger partial charge in [0, 0.05) is 13.1 Å². The zero-order valence-corrected chi connectivity index (χ0v) is 14.2. The first-order valence-corrected chi connectivity index (χ1v) is 8.12. The maximum atomic E-state index is 12.0. The molecule has 1 aliphatic heterocycles. The van der Waals surface area contributed by atoms with Gasteiger partial charge in [-0.25, -0.2) is 9.59 Å². The molecule has 0 aliphatic carbocycles. The first-order chi connectivity index (χ1) is 12.3. The predicted molar refractivity (Wildman–Crippen MR) is 87.1 cm³/mol. The van der Waals surface area contributed by atoms with Crippen LogP contribution in [0.25, 0.3) is 0 Å². The molecule has 0 saturated carbocycles. The highest BCUT2D eigenvalue weighted by molar-refractivity contribution is 5.83. The molecular formula is C14H22N6O6. The molecule has 1 saturated heterocycles. The fourth-order valence-corrected chi connectivity index (χ4v) is 2.55. The summed E-state index contributed by atoms with van der Waals surface area (Å²) >= 11 is 0. The fourth-order valence-electron chi connectivity index (χ4n) is 2.55. The number of nitrogens with one attached hydrogen (secondary N) is 2. The highest BCUT2D eigenvalue weighted by Gasteiger charge is 2.29. The second-order valence-electron chi connectivity index (χ2n) is 6.02. The molecule has 1 aromatic rings. The fraction of sp³-hybridized carbons (Fsp3) is 0.643. The molecule has 0 aromatic carbocycles. The minimum Gasteiger partial charge on any atom is -0.480 e. The van der Waals surface area contributed by atoms with E-state index >= 15 is 0 Å². The number of carbonyl (C=O) groups is 3. The first-order valence-electron chi connectivity index (χ1n) is 8.12. The van der Waals surface area contributed by atoms with E-state index in [0.29, 0.717) is 5.95 Å². The Labute approximate surface area is 148 Å². The van der Waals surface area contributed by atoms with Crippen LogP contribution in [0.4, 0.5) is 10.7 Å². The second-order valence-corrected chi connectivity index (χ2v) is 6.02. The van der Waals surface area contributed by atoms with E-state index in [2.05, 4.69) is 20.8 Å². The van der Waals surface area contributed by atoms with Crippen molar-refractivity contribution in [3.8, 4) is 0 Å². The molecule has 3 atom stereocenters. The zero-order valence-electron chi connectivity index (χ0n) is 14.2. The van der Waals surface area contributed by atoms with Gasteiger partial charge in [0.2, 0.25) is 5.91 Å². The van der Waals surface area contributed by atoms with Crippen LogP contribution in [0.5, 0.6) is 0 Å². The summed E-state index contributed by atoms with van der Waals surface area (Å²) in [5, 5.41) is 26.7. The van der Waals surface area contributed by atoms with Crippen molar-refractivity contribution >= 4 is 23.9 Å². The Morgan fingerprint density at radius 2 is 1.96 bits per heavy atom. The molecule has 3 amide bonds. The lowest BCUT2D eigenvalue weighted by atomic mass is 10.2. The van der Waals surface area contributed by atoms with E-state index < -0.39 is 36.1 Å². The van der Waals surface area contributed by atoms with Gasteiger partial charge in [-0.1, -0.05) is 0 Å². The van der Waals surface area contributed by atoms with Crippen LogP contribution in [0.2, 0.25) is 0 Å². The topological polar surface area (TPSA) is 184 Å². The van der Waals surface area contributed by atoms with E-state index in [4.69, 9.17) is 15.4 Å². The summed E-state index contributed by atoms with van der Waals surface area (Å²) in [5.41, 5.74) is 5.19. The summed E-state index contributed by atoms with van der Waals surface area (Å²) in [6.07, 6.45) is 0.371. The number of nitrogens with zero attached hydrogens (tertiary/aromatic N) is 3. The normalized spacial score (nSPS) is 17.4. The number of aliphatic carboxylic acids is 1. The van der Waals surface area contributed by atoms with Gasteiger partial charge in [-0.3, -0.25) is 4.79 Å². The van der Waals surface area contributed by atoms with E-state index in [1.165, 1.54) is 6.92 Å². The van der Waals surface area contributed by atoms with Gasteiger partial charge in [0.1, 0.15) is 6.04 Å². The average Bonchev–Trinajstić information content (AvgIpc) is 3.21. The molecule has 0 spiro atoms. The molecular weight excluding hydrogens is 348 g/mol. The highest BCUT2D eigenvalue weighted by Crippen LogP contribution is 2.21. The number of nitrogens with two attached hydrogens (primary N) is 1. The largest absolute Gasteiger partial charge is 0.480 e. The van der Waals surface area contributed by atoms with Crippen LogP contribution >= 0.6 is 0 Å². The number of carbonyl (C=O) groups excluding carboxylic acids is 2. The summed E-state index contributed by atoms with van der Waals surface area (Å²) in [4.78, 5) is 40.4. The van der Waals surface area contributed by atoms with Crippen LogP contribution in [-0.4, -0.2) is 63.5 Å². The van der Waals surface area contributed by atoms with E-state index in [-0.39, 0.29) is 12.3 Å². The van der Waals surface area contributed by atoms with Crippen LogP contribution < -0.4 is 21.3 Å². The number of urea groups is 1. The van der Waals surface area contributed by atoms with Crippen LogP contribution in [0.15, 0.2) is 4.52 Å². The van der Waals surface area contributed by atoms with E-state index in [0.717, 1.165) is 25.9 Å². The number of primary amides is 1. The van der Waals surface area contributed by atoms with Crippen LogP contribution in [-0.2, 0) is 9.59 Å². The molecule has 144 valence electrons. The zero-order chi connectivity index (χ0) is 19.3. The molecule has 1 fully saturated rings. The molecule has 2 heterocycles. The number of carboxylic acids is 1. The van der Waals surface area contributed by atoms with Gasteiger partial charge >= 0.3 is 12.0 Å². The third-order valence-electron chi connectivity index (χ3n) is 3.86. The van der Waals surface area contributed by atoms with Crippen molar-refractivity contribution in [2.24, 2.45) is 5.73 Å². The third-order valence-corrected chi connectivity index (χ3v) is 3.86. The number of rotatable bonds is 8. The van der Waals surface area contributed by atoms with Gasteiger partial charge < -0.3 is 36.0 Å². The lowest BCUT2D eigenvalue weighted by Crippen LogP contribution is -2.52. The van der Waals surface area contributed by atoms with E-state index in [9.17, 15) is 19.5 Å². The molecule has 1 aliphatic rings. The van der Waals surface area contributed by atoms with Gasteiger partial charge in [-0.2, -0.15) is 4.98 Å².